The van der Waals surface area contributed by atoms with Gasteiger partial charge < -0.3 is 11.1 Å². The van der Waals surface area contributed by atoms with E-state index >= 15 is 0 Å². The van der Waals surface area contributed by atoms with Crippen LogP contribution in [0.1, 0.15) is 13.3 Å². The van der Waals surface area contributed by atoms with Crippen molar-refractivity contribution in [1.29, 1.82) is 0 Å². The Labute approximate surface area is 69.4 Å². The molecule has 3 N–H and O–H groups in total. The van der Waals surface area contributed by atoms with Gasteiger partial charge in [0.05, 0.1) is 5.03 Å². The van der Waals surface area contributed by atoms with E-state index in [4.69, 9.17) is 17.3 Å². The molecule has 0 rings (SSSR count). The van der Waals surface area contributed by atoms with Gasteiger partial charge in [0.1, 0.15) is 0 Å². The molecule has 2 amide bonds. The molecular formula is C6H9ClN2O2. The molecule has 0 spiro atoms. The van der Waals surface area contributed by atoms with Gasteiger partial charge in [-0.15, -0.1) is 0 Å². The van der Waals surface area contributed by atoms with Crippen LogP contribution in [0, 0.1) is 0 Å². The molecule has 4 nitrogen and oxygen atoms in total. The molecule has 0 unspecified atom stereocenters. The molecule has 5 heteroatoms. The number of amides is 2. The van der Waals surface area contributed by atoms with Crippen molar-refractivity contribution in [2.24, 2.45) is 5.73 Å². The summed E-state index contributed by atoms with van der Waals surface area (Å²) in [4.78, 5) is 20.8. The summed E-state index contributed by atoms with van der Waals surface area (Å²) in [6.45, 7) is 1.67. The number of carbonyl (C=O) groups excluding carboxylic acids is 2. The number of Topliss-reactive ketones (excluding diaryl/α,β-unsaturated/α-hetero) is 1. The van der Waals surface area contributed by atoms with Crippen molar-refractivity contribution in [2.45, 2.75) is 13.3 Å². The first-order chi connectivity index (χ1) is 5.07. The zero-order chi connectivity index (χ0) is 8.85. The van der Waals surface area contributed by atoms with Gasteiger partial charge in [0.2, 0.25) is 0 Å². The number of rotatable bonds is 3. The molecule has 0 aromatic carbocycles. The van der Waals surface area contributed by atoms with Crippen molar-refractivity contribution >= 4 is 23.4 Å². The van der Waals surface area contributed by atoms with E-state index < -0.39 is 6.03 Å². The lowest BCUT2D eigenvalue weighted by Crippen LogP contribution is -2.24. The van der Waals surface area contributed by atoms with E-state index in [1.165, 1.54) is 0 Å². The van der Waals surface area contributed by atoms with Crippen molar-refractivity contribution < 1.29 is 9.59 Å². The molecule has 0 saturated carbocycles. The fraction of sp³-hybridized carbons (Fsp3) is 0.333. The van der Waals surface area contributed by atoms with Gasteiger partial charge in [0.15, 0.2) is 5.78 Å². The maximum absolute atomic E-state index is 10.7. The van der Waals surface area contributed by atoms with Gasteiger partial charge in [-0.3, -0.25) is 4.79 Å². The smallest absolute Gasteiger partial charge is 0.316 e. The van der Waals surface area contributed by atoms with Gasteiger partial charge in [-0.2, -0.15) is 0 Å². The van der Waals surface area contributed by atoms with Crippen LogP contribution in [0.5, 0.6) is 0 Å². The fourth-order valence-electron chi connectivity index (χ4n) is 0.384. The molecule has 0 aliphatic carbocycles. The second-order valence-electron chi connectivity index (χ2n) is 1.78. The Kier molecular flexibility index (Phi) is 4.29. The third-order valence-electron chi connectivity index (χ3n) is 0.929. The quantitative estimate of drug-likeness (QED) is 0.622. The van der Waals surface area contributed by atoms with Crippen LogP contribution in [0.4, 0.5) is 4.79 Å². The van der Waals surface area contributed by atoms with Crippen LogP contribution in [0.25, 0.3) is 0 Å². The van der Waals surface area contributed by atoms with Gasteiger partial charge in [-0.05, 0) is 0 Å². The number of primary amides is 1. The maximum atomic E-state index is 10.7. The Balaban J connectivity index is 4.00. The Morgan fingerprint density at radius 3 is 2.55 bits per heavy atom. The molecule has 0 fully saturated rings. The largest absolute Gasteiger partial charge is 0.351 e. The first kappa shape index (κ1) is 9.97. The minimum absolute atomic E-state index is 0.0219. The van der Waals surface area contributed by atoms with Crippen LogP contribution < -0.4 is 11.1 Å². The summed E-state index contributed by atoms with van der Waals surface area (Å²) in [6, 6.07) is -0.743. The van der Waals surface area contributed by atoms with E-state index in [1.54, 1.807) is 6.92 Å². The lowest BCUT2D eigenvalue weighted by Gasteiger charge is -1.94. The number of urea groups is 1. The van der Waals surface area contributed by atoms with Gasteiger partial charge in [-0.1, -0.05) is 18.5 Å². The Morgan fingerprint density at radius 1 is 1.64 bits per heavy atom. The van der Waals surface area contributed by atoms with Gasteiger partial charge >= 0.3 is 6.03 Å². The zero-order valence-electron chi connectivity index (χ0n) is 6.06. The Hall–Kier alpha value is -1.03. The molecule has 0 atom stereocenters. The average Bonchev–Trinajstić information content (AvgIpc) is 1.98. The number of hydrogen-bond donors (Lipinski definition) is 2. The number of nitrogens with two attached hydrogens (primary N) is 1. The summed E-state index contributed by atoms with van der Waals surface area (Å²) in [7, 11) is 0. The van der Waals surface area contributed by atoms with E-state index in [9.17, 15) is 9.59 Å². The van der Waals surface area contributed by atoms with Crippen molar-refractivity contribution in [2.75, 3.05) is 0 Å². The minimum Gasteiger partial charge on any atom is -0.351 e. The summed E-state index contributed by atoms with van der Waals surface area (Å²) in [5, 5.41) is 2.06. The number of nitrogens with one attached hydrogen (secondary N) is 1. The van der Waals surface area contributed by atoms with E-state index in [1.807, 2.05) is 0 Å². The Bertz CT molecular complexity index is 201. The first-order valence-electron chi connectivity index (χ1n) is 3.02. The topological polar surface area (TPSA) is 72.2 Å². The molecule has 62 valence electrons. The van der Waals surface area contributed by atoms with E-state index in [2.05, 4.69) is 5.32 Å². The monoisotopic (exact) mass is 176 g/mol. The summed E-state index contributed by atoms with van der Waals surface area (Å²) < 4.78 is 0. The number of ketones is 1. The highest BCUT2D eigenvalue weighted by Gasteiger charge is 2.02. The van der Waals surface area contributed by atoms with Crippen LogP contribution in [-0.2, 0) is 4.79 Å². The molecule has 0 aromatic heterocycles. The second-order valence-corrected chi connectivity index (χ2v) is 2.18. The van der Waals surface area contributed by atoms with Crippen molar-refractivity contribution in [1.82, 2.24) is 5.32 Å². The molecule has 0 aliphatic rings. The average molecular weight is 177 g/mol. The molecule has 0 bridgehead atoms. The summed E-state index contributed by atoms with van der Waals surface area (Å²) in [5.41, 5.74) is 4.72. The predicted molar refractivity (Wildman–Crippen MR) is 42.0 cm³/mol. The summed E-state index contributed by atoms with van der Waals surface area (Å²) >= 11 is 5.42. The predicted octanol–water partition coefficient (Wildman–Crippen LogP) is 0.714. The summed E-state index contributed by atoms with van der Waals surface area (Å²) in [6.07, 6.45) is 1.38. The third kappa shape index (κ3) is 4.38. The Morgan fingerprint density at radius 2 is 2.18 bits per heavy atom. The molecule has 0 heterocycles. The number of halogens is 1. The lowest BCUT2D eigenvalue weighted by atomic mass is 10.3. The molecule has 0 aromatic rings. The van der Waals surface area contributed by atoms with Crippen molar-refractivity contribution in [3.05, 3.63) is 11.2 Å². The molecule has 0 aliphatic heterocycles. The molecular weight excluding hydrogens is 168 g/mol. The van der Waals surface area contributed by atoms with Crippen molar-refractivity contribution in [3.63, 3.8) is 0 Å². The van der Waals surface area contributed by atoms with Crippen LogP contribution >= 0.6 is 11.6 Å². The minimum atomic E-state index is -0.743. The van der Waals surface area contributed by atoms with E-state index in [0.29, 0.717) is 6.42 Å². The van der Waals surface area contributed by atoms with Crippen LogP contribution in [0.3, 0.4) is 0 Å². The van der Waals surface area contributed by atoms with Crippen LogP contribution in [0.15, 0.2) is 11.2 Å². The van der Waals surface area contributed by atoms with Crippen molar-refractivity contribution in [3.8, 4) is 0 Å². The van der Waals surface area contributed by atoms with Crippen LogP contribution in [0.2, 0.25) is 0 Å². The molecule has 0 saturated heterocycles. The highest BCUT2D eigenvalue weighted by molar-refractivity contribution is 6.42. The molecule has 11 heavy (non-hydrogen) atoms. The number of hydrogen-bond acceptors (Lipinski definition) is 2. The van der Waals surface area contributed by atoms with Crippen LogP contribution in [-0.4, -0.2) is 11.8 Å². The van der Waals surface area contributed by atoms with Gasteiger partial charge in [0.25, 0.3) is 0 Å². The first-order valence-corrected chi connectivity index (χ1v) is 3.40. The maximum Gasteiger partial charge on any atom is 0.316 e. The van der Waals surface area contributed by atoms with E-state index in [-0.39, 0.29) is 10.8 Å². The highest BCUT2D eigenvalue weighted by Crippen LogP contribution is 2.02. The molecule has 0 radical (unpaired) electrons. The standard InChI is InChI=1S/C6H9ClN2O2/c1-2-5(10)4(7)3-9-6(8)11/h3H,2H2,1H3,(H3,8,9,11)/b4-3-. The summed E-state index contributed by atoms with van der Waals surface area (Å²) in [5.74, 6) is -0.236. The second kappa shape index (κ2) is 4.73. The lowest BCUT2D eigenvalue weighted by molar-refractivity contribution is -0.114. The third-order valence-corrected chi connectivity index (χ3v) is 1.25. The van der Waals surface area contributed by atoms with E-state index in [0.717, 1.165) is 6.20 Å². The number of allylic oxidation sites excluding steroid dienone is 1. The van der Waals surface area contributed by atoms with Gasteiger partial charge in [-0.25, -0.2) is 4.79 Å². The highest BCUT2D eigenvalue weighted by atomic mass is 35.5. The zero-order valence-corrected chi connectivity index (χ0v) is 6.81. The SMILES string of the molecule is CCC(=O)/C(Cl)=C/NC(N)=O. The fourth-order valence-corrected chi connectivity index (χ4v) is 0.572. The van der Waals surface area contributed by atoms with Gasteiger partial charge in [0, 0.05) is 12.6 Å². The number of carbonyl (C=O) groups is 2. The normalized spacial score (nSPS) is 10.9.